The molecule has 146 valence electrons. The van der Waals surface area contributed by atoms with E-state index in [1.165, 1.54) is 43.7 Å². The number of nitrogens with zero attached hydrogens (tertiary/aromatic N) is 3. The molecule has 2 aliphatic rings. The quantitative estimate of drug-likeness (QED) is 0.852. The van der Waals surface area contributed by atoms with E-state index in [1.807, 2.05) is 12.1 Å². The number of hydrogen-bond acceptors (Lipinski definition) is 5. The molecule has 1 aromatic heterocycles. The maximum absolute atomic E-state index is 5.94. The molecule has 27 heavy (non-hydrogen) atoms. The van der Waals surface area contributed by atoms with E-state index in [2.05, 4.69) is 45.2 Å². The second-order valence-electron chi connectivity index (χ2n) is 7.35. The Bertz CT molecular complexity index is 721. The molecule has 0 amide bonds. The highest BCUT2D eigenvalue weighted by Gasteiger charge is 2.28. The molecule has 5 nitrogen and oxygen atoms in total. The van der Waals surface area contributed by atoms with Crippen molar-refractivity contribution in [3.63, 3.8) is 0 Å². The second kappa shape index (κ2) is 9.51. The first-order valence-corrected chi connectivity index (χ1v) is 9.62. The Balaban J connectivity index is 0.00000210. The van der Waals surface area contributed by atoms with E-state index >= 15 is 0 Å². The Morgan fingerprint density at radius 3 is 2.78 bits per heavy atom. The number of aryl methyl sites for hydroxylation is 1. The minimum atomic E-state index is 0. The van der Waals surface area contributed by atoms with Crippen LogP contribution in [-0.2, 0) is 6.54 Å². The van der Waals surface area contributed by atoms with Gasteiger partial charge in [-0.15, -0.1) is 12.4 Å². The molecule has 1 atom stereocenters. The Hall–Kier alpha value is -1.66. The first-order chi connectivity index (χ1) is 12.8. The summed E-state index contributed by atoms with van der Waals surface area (Å²) in [6, 6.07) is 11.1. The maximum Gasteiger partial charge on any atom is 0.145 e. The highest BCUT2D eigenvalue weighted by atomic mass is 35.5. The largest absolute Gasteiger partial charge is 0.455 e. The minimum absolute atomic E-state index is 0. The van der Waals surface area contributed by atoms with Crippen LogP contribution in [0.25, 0.3) is 0 Å². The average molecular weight is 389 g/mol. The smallest absolute Gasteiger partial charge is 0.145 e. The summed E-state index contributed by atoms with van der Waals surface area (Å²) in [5, 5.41) is 3.45. The molecule has 2 aromatic rings. The van der Waals surface area contributed by atoms with Crippen LogP contribution in [0.3, 0.4) is 0 Å². The number of halogens is 1. The van der Waals surface area contributed by atoms with Crippen molar-refractivity contribution in [1.82, 2.24) is 20.1 Å². The number of piperazine rings is 1. The molecule has 2 saturated heterocycles. The fraction of sp³-hybridized carbons (Fsp3) is 0.476. The molecule has 0 bridgehead atoms. The SMILES string of the molecule is Cc1cc(CN2CCC(N3CCNCC3)C2)ccc1Oc1cccnc1.Cl. The molecule has 2 fully saturated rings. The van der Waals surface area contributed by atoms with E-state index in [0.717, 1.165) is 37.2 Å². The molecule has 1 unspecified atom stereocenters. The summed E-state index contributed by atoms with van der Waals surface area (Å²) >= 11 is 0. The first-order valence-electron chi connectivity index (χ1n) is 9.62. The molecule has 6 heteroatoms. The molecule has 0 saturated carbocycles. The van der Waals surface area contributed by atoms with Crippen LogP contribution in [0.2, 0.25) is 0 Å². The van der Waals surface area contributed by atoms with Gasteiger partial charge in [-0.2, -0.15) is 0 Å². The van der Waals surface area contributed by atoms with Gasteiger partial charge in [-0.1, -0.05) is 12.1 Å². The second-order valence-corrected chi connectivity index (χ2v) is 7.35. The molecule has 2 aliphatic heterocycles. The van der Waals surface area contributed by atoms with Gasteiger partial charge in [0.1, 0.15) is 11.5 Å². The highest BCUT2D eigenvalue weighted by Crippen LogP contribution is 2.26. The third-order valence-corrected chi connectivity index (χ3v) is 5.42. The van der Waals surface area contributed by atoms with E-state index in [1.54, 1.807) is 12.4 Å². The lowest BCUT2D eigenvalue weighted by atomic mass is 10.1. The van der Waals surface area contributed by atoms with Gasteiger partial charge in [0.15, 0.2) is 0 Å². The van der Waals surface area contributed by atoms with E-state index in [9.17, 15) is 0 Å². The lowest BCUT2D eigenvalue weighted by Crippen LogP contribution is -2.49. The van der Waals surface area contributed by atoms with E-state index in [0.29, 0.717) is 0 Å². The fourth-order valence-electron chi connectivity index (χ4n) is 4.02. The van der Waals surface area contributed by atoms with Gasteiger partial charge in [0.25, 0.3) is 0 Å². The zero-order valence-corrected chi connectivity index (χ0v) is 16.8. The Labute approximate surface area is 168 Å². The molecule has 1 aromatic carbocycles. The van der Waals surface area contributed by atoms with Crippen molar-refractivity contribution in [1.29, 1.82) is 0 Å². The zero-order chi connectivity index (χ0) is 17.8. The third kappa shape index (κ3) is 5.20. The number of pyridine rings is 1. The summed E-state index contributed by atoms with van der Waals surface area (Å²) in [6.07, 6.45) is 4.79. The van der Waals surface area contributed by atoms with Crippen molar-refractivity contribution < 1.29 is 4.74 Å². The van der Waals surface area contributed by atoms with Gasteiger partial charge >= 0.3 is 0 Å². The van der Waals surface area contributed by atoms with Crippen LogP contribution >= 0.6 is 12.4 Å². The first kappa shape index (κ1) is 20.1. The maximum atomic E-state index is 5.94. The monoisotopic (exact) mass is 388 g/mol. The molecule has 1 N–H and O–H groups in total. The standard InChI is InChI=1S/C21H28N4O.ClH/c1-17-13-18(4-5-21(17)26-20-3-2-7-23-14-20)15-24-10-6-19(16-24)25-11-8-22-9-12-25;/h2-5,7,13-14,19,22H,6,8-12,15-16H2,1H3;1H. The van der Waals surface area contributed by atoms with Gasteiger partial charge in [-0.25, -0.2) is 0 Å². The fourth-order valence-corrected chi connectivity index (χ4v) is 4.02. The van der Waals surface area contributed by atoms with Gasteiger partial charge in [0, 0.05) is 58.1 Å². The van der Waals surface area contributed by atoms with Gasteiger partial charge < -0.3 is 10.1 Å². The van der Waals surface area contributed by atoms with Crippen LogP contribution in [0.5, 0.6) is 11.5 Å². The Morgan fingerprint density at radius 1 is 1.19 bits per heavy atom. The van der Waals surface area contributed by atoms with Crippen molar-refractivity contribution >= 4 is 12.4 Å². The number of ether oxygens (including phenoxy) is 1. The van der Waals surface area contributed by atoms with Crippen molar-refractivity contribution in [3.05, 3.63) is 53.9 Å². The average Bonchev–Trinajstić information content (AvgIpc) is 3.14. The molecule has 0 spiro atoms. The lowest BCUT2D eigenvalue weighted by Gasteiger charge is -2.32. The van der Waals surface area contributed by atoms with Crippen molar-refractivity contribution in [3.8, 4) is 11.5 Å². The Kier molecular flexibility index (Phi) is 7.07. The van der Waals surface area contributed by atoms with E-state index in [-0.39, 0.29) is 12.4 Å². The summed E-state index contributed by atoms with van der Waals surface area (Å²) < 4.78 is 5.94. The van der Waals surface area contributed by atoms with Crippen molar-refractivity contribution in [2.45, 2.75) is 25.9 Å². The van der Waals surface area contributed by atoms with Crippen LogP contribution in [0.1, 0.15) is 17.5 Å². The molecular formula is C21H29ClN4O. The summed E-state index contributed by atoms with van der Waals surface area (Å²) in [6.45, 7) is 10.2. The van der Waals surface area contributed by atoms with E-state index < -0.39 is 0 Å². The summed E-state index contributed by atoms with van der Waals surface area (Å²) in [4.78, 5) is 9.35. The van der Waals surface area contributed by atoms with Crippen LogP contribution < -0.4 is 10.1 Å². The van der Waals surface area contributed by atoms with Crippen molar-refractivity contribution in [2.24, 2.45) is 0 Å². The van der Waals surface area contributed by atoms with Crippen LogP contribution in [0.4, 0.5) is 0 Å². The minimum Gasteiger partial charge on any atom is -0.455 e. The normalized spacial score (nSPS) is 21.0. The van der Waals surface area contributed by atoms with Gasteiger partial charge in [-0.3, -0.25) is 14.8 Å². The molecule has 0 aliphatic carbocycles. The number of rotatable bonds is 5. The summed E-state index contributed by atoms with van der Waals surface area (Å²) in [5.74, 6) is 1.68. The molecule has 3 heterocycles. The van der Waals surface area contributed by atoms with Crippen LogP contribution in [0, 0.1) is 6.92 Å². The zero-order valence-electron chi connectivity index (χ0n) is 15.9. The predicted octanol–water partition coefficient (Wildman–Crippen LogP) is 3.08. The van der Waals surface area contributed by atoms with E-state index in [4.69, 9.17) is 4.74 Å². The Morgan fingerprint density at radius 2 is 2.04 bits per heavy atom. The lowest BCUT2D eigenvalue weighted by molar-refractivity contribution is 0.170. The summed E-state index contributed by atoms with van der Waals surface area (Å²) in [5.41, 5.74) is 2.53. The van der Waals surface area contributed by atoms with Crippen LogP contribution in [0.15, 0.2) is 42.7 Å². The molecular weight excluding hydrogens is 360 g/mol. The van der Waals surface area contributed by atoms with Gasteiger partial charge in [-0.05, 0) is 42.7 Å². The number of likely N-dealkylation sites (tertiary alicyclic amines) is 1. The molecule has 4 rings (SSSR count). The van der Waals surface area contributed by atoms with Crippen molar-refractivity contribution in [2.75, 3.05) is 39.3 Å². The highest BCUT2D eigenvalue weighted by molar-refractivity contribution is 5.85. The molecule has 0 radical (unpaired) electrons. The third-order valence-electron chi connectivity index (χ3n) is 5.42. The van der Waals surface area contributed by atoms with Crippen LogP contribution in [-0.4, -0.2) is 60.1 Å². The summed E-state index contributed by atoms with van der Waals surface area (Å²) in [7, 11) is 0. The number of hydrogen-bond donors (Lipinski definition) is 1. The van der Waals surface area contributed by atoms with Gasteiger partial charge in [0.2, 0.25) is 0 Å². The topological polar surface area (TPSA) is 40.6 Å². The number of nitrogens with one attached hydrogen (secondary N) is 1. The number of benzene rings is 1. The predicted molar refractivity (Wildman–Crippen MR) is 111 cm³/mol. The van der Waals surface area contributed by atoms with Gasteiger partial charge in [0.05, 0.1) is 6.20 Å². The number of aromatic nitrogens is 1.